The number of rotatable bonds is 2. The quantitative estimate of drug-likeness (QED) is 0.841. The van der Waals surface area contributed by atoms with Crippen molar-refractivity contribution in [2.45, 2.75) is 50.5 Å². The van der Waals surface area contributed by atoms with Gasteiger partial charge in [0.2, 0.25) is 0 Å². The van der Waals surface area contributed by atoms with Crippen molar-refractivity contribution in [2.75, 3.05) is 20.1 Å². The first-order chi connectivity index (χ1) is 8.78. The molecule has 1 aliphatic carbocycles. The lowest BCUT2D eigenvalue weighted by atomic mass is 9.89. The van der Waals surface area contributed by atoms with Crippen LogP contribution >= 0.6 is 0 Å². The average molecular weight is 248 g/mol. The molecule has 1 aromatic rings. The van der Waals surface area contributed by atoms with E-state index in [4.69, 9.17) is 10.7 Å². The number of nitrogens with two attached hydrogens (primary N) is 1. The molecule has 100 valence electrons. The summed E-state index contributed by atoms with van der Waals surface area (Å²) >= 11 is 0. The molecule has 0 saturated heterocycles. The molecule has 2 heterocycles. The Bertz CT molecular complexity index is 406. The van der Waals surface area contributed by atoms with Crippen LogP contribution in [0, 0.1) is 0 Å². The number of aromatic nitrogens is 2. The van der Waals surface area contributed by atoms with Gasteiger partial charge in [0.05, 0.1) is 11.4 Å². The van der Waals surface area contributed by atoms with E-state index >= 15 is 0 Å². The number of imidazole rings is 1. The summed E-state index contributed by atoms with van der Waals surface area (Å²) < 4.78 is 0. The lowest BCUT2D eigenvalue weighted by molar-refractivity contribution is 0.277. The monoisotopic (exact) mass is 248 g/mol. The first kappa shape index (κ1) is 12.2. The second kappa shape index (κ2) is 5.02. The zero-order valence-corrected chi connectivity index (χ0v) is 11.3. The highest BCUT2D eigenvalue weighted by atomic mass is 15.1. The van der Waals surface area contributed by atoms with Crippen LogP contribution in [0.4, 0.5) is 0 Å². The zero-order chi connectivity index (χ0) is 12.5. The van der Waals surface area contributed by atoms with Gasteiger partial charge in [0, 0.05) is 31.5 Å². The maximum atomic E-state index is 5.89. The SMILES string of the molecule is CN1Cc2[nH]c(C3CCCCC3)nc2C(CN)C1. The van der Waals surface area contributed by atoms with E-state index < -0.39 is 0 Å². The molecule has 1 aromatic heterocycles. The summed E-state index contributed by atoms with van der Waals surface area (Å²) in [6, 6.07) is 0. The van der Waals surface area contributed by atoms with E-state index in [2.05, 4.69) is 16.9 Å². The Balaban J connectivity index is 1.86. The highest BCUT2D eigenvalue weighted by Crippen LogP contribution is 2.34. The molecule has 1 fully saturated rings. The van der Waals surface area contributed by atoms with Crippen molar-refractivity contribution < 1.29 is 0 Å². The minimum atomic E-state index is 0.410. The molecule has 18 heavy (non-hydrogen) atoms. The largest absolute Gasteiger partial charge is 0.344 e. The fourth-order valence-electron chi connectivity index (χ4n) is 3.45. The Kier molecular flexibility index (Phi) is 3.39. The maximum Gasteiger partial charge on any atom is 0.109 e. The van der Waals surface area contributed by atoms with Gasteiger partial charge < -0.3 is 10.7 Å². The summed E-state index contributed by atoms with van der Waals surface area (Å²) in [6.45, 7) is 2.73. The van der Waals surface area contributed by atoms with Crippen molar-refractivity contribution in [1.82, 2.24) is 14.9 Å². The predicted octanol–water partition coefficient (Wildman–Crippen LogP) is 1.95. The number of fused-ring (bicyclic) bond motifs is 1. The Labute approximate surface area is 109 Å². The molecule has 0 aromatic carbocycles. The van der Waals surface area contributed by atoms with Crippen molar-refractivity contribution in [3.05, 3.63) is 17.2 Å². The third-order valence-electron chi connectivity index (χ3n) is 4.45. The van der Waals surface area contributed by atoms with Gasteiger partial charge >= 0.3 is 0 Å². The van der Waals surface area contributed by atoms with Crippen molar-refractivity contribution in [3.8, 4) is 0 Å². The van der Waals surface area contributed by atoms with Crippen molar-refractivity contribution in [1.29, 1.82) is 0 Å². The molecule has 3 N–H and O–H groups in total. The van der Waals surface area contributed by atoms with E-state index in [1.165, 1.54) is 49.3 Å². The Morgan fingerprint density at radius 2 is 2.11 bits per heavy atom. The Morgan fingerprint density at radius 3 is 2.83 bits per heavy atom. The van der Waals surface area contributed by atoms with Crippen LogP contribution in [0.3, 0.4) is 0 Å². The number of H-pyrrole nitrogens is 1. The molecule has 4 heteroatoms. The second-order valence-electron chi connectivity index (χ2n) is 5.95. The second-order valence-corrected chi connectivity index (χ2v) is 5.95. The lowest BCUT2D eigenvalue weighted by Crippen LogP contribution is -2.34. The molecular weight excluding hydrogens is 224 g/mol. The van der Waals surface area contributed by atoms with Gasteiger partial charge in [0.15, 0.2) is 0 Å². The minimum absolute atomic E-state index is 0.410. The number of nitrogens with zero attached hydrogens (tertiary/aromatic N) is 2. The highest BCUT2D eigenvalue weighted by molar-refractivity contribution is 5.24. The summed E-state index contributed by atoms with van der Waals surface area (Å²) in [5.41, 5.74) is 8.44. The van der Waals surface area contributed by atoms with Crippen LogP contribution in [0.2, 0.25) is 0 Å². The van der Waals surface area contributed by atoms with Gasteiger partial charge in [-0.3, -0.25) is 4.90 Å². The molecule has 1 unspecified atom stereocenters. The molecule has 1 aliphatic heterocycles. The predicted molar refractivity (Wildman–Crippen MR) is 72.5 cm³/mol. The highest BCUT2D eigenvalue weighted by Gasteiger charge is 2.28. The normalized spacial score (nSPS) is 26.2. The van der Waals surface area contributed by atoms with Crippen LogP contribution in [0.15, 0.2) is 0 Å². The molecule has 0 spiro atoms. The van der Waals surface area contributed by atoms with Crippen LogP contribution in [-0.4, -0.2) is 35.0 Å². The maximum absolute atomic E-state index is 5.89. The van der Waals surface area contributed by atoms with Gasteiger partial charge in [-0.25, -0.2) is 4.98 Å². The van der Waals surface area contributed by atoms with Gasteiger partial charge in [-0.05, 0) is 19.9 Å². The molecule has 0 bridgehead atoms. The molecule has 1 atom stereocenters. The number of aromatic amines is 1. The molecule has 4 nitrogen and oxygen atoms in total. The van der Waals surface area contributed by atoms with E-state index in [9.17, 15) is 0 Å². The van der Waals surface area contributed by atoms with Crippen LogP contribution in [0.1, 0.15) is 61.2 Å². The fraction of sp³-hybridized carbons (Fsp3) is 0.786. The smallest absolute Gasteiger partial charge is 0.109 e. The molecule has 0 amide bonds. The van der Waals surface area contributed by atoms with Crippen molar-refractivity contribution >= 4 is 0 Å². The van der Waals surface area contributed by atoms with Gasteiger partial charge in [-0.15, -0.1) is 0 Å². The van der Waals surface area contributed by atoms with E-state index in [1.807, 2.05) is 0 Å². The fourth-order valence-corrected chi connectivity index (χ4v) is 3.45. The molecule has 1 saturated carbocycles. The van der Waals surface area contributed by atoms with Crippen LogP contribution < -0.4 is 5.73 Å². The summed E-state index contributed by atoms with van der Waals surface area (Å²) in [6.07, 6.45) is 6.71. The standard InChI is InChI=1S/C14H24N4/c1-18-8-11(7-15)13-12(9-18)16-14(17-13)10-5-3-2-4-6-10/h10-11H,2-9,15H2,1H3,(H,16,17). The third kappa shape index (κ3) is 2.19. The summed E-state index contributed by atoms with van der Waals surface area (Å²) in [5, 5.41) is 0. The first-order valence-electron chi connectivity index (χ1n) is 7.25. The van der Waals surface area contributed by atoms with Crippen LogP contribution in [0.25, 0.3) is 0 Å². The van der Waals surface area contributed by atoms with Crippen LogP contribution in [0.5, 0.6) is 0 Å². The number of likely N-dealkylation sites (N-methyl/N-ethyl adjacent to an activating group) is 1. The molecule has 3 rings (SSSR count). The van der Waals surface area contributed by atoms with Gasteiger partial charge in [0.25, 0.3) is 0 Å². The summed E-state index contributed by atoms with van der Waals surface area (Å²) in [7, 11) is 2.16. The van der Waals surface area contributed by atoms with Gasteiger partial charge in [0.1, 0.15) is 5.82 Å². The molecule has 2 aliphatic rings. The number of hydrogen-bond acceptors (Lipinski definition) is 3. The van der Waals surface area contributed by atoms with E-state index in [0.717, 1.165) is 13.1 Å². The van der Waals surface area contributed by atoms with Gasteiger partial charge in [-0.1, -0.05) is 19.3 Å². The van der Waals surface area contributed by atoms with E-state index in [1.54, 1.807) is 0 Å². The number of nitrogens with one attached hydrogen (secondary N) is 1. The summed E-state index contributed by atoms with van der Waals surface area (Å²) in [5.74, 6) is 2.30. The molecular formula is C14H24N4. The lowest BCUT2D eigenvalue weighted by Gasteiger charge is -2.27. The first-order valence-corrected chi connectivity index (χ1v) is 7.25. The average Bonchev–Trinajstić information content (AvgIpc) is 2.82. The van der Waals surface area contributed by atoms with E-state index in [0.29, 0.717) is 18.4 Å². The summed E-state index contributed by atoms with van der Waals surface area (Å²) in [4.78, 5) is 10.8. The third-order valence-corrected chi connectivity index (χ3v) is 4.45. The van der Waals surface area contributed by atoms with E-state index in [-0.39, 0.29) is 0 Å². The topological polar surface area (TPSA) is 57.9 Å². The Hall–Kier alpha value is -0.870. The van der Waals surface area contributed by atoms with Gasteiger partial charge in [-0.2, -0.15) is 0 Å². The van der Waals surface area contributed by atoms with Crippen LogP contribution in [-0.2, 0) is 6.54 Å². The Morgan fingerprint density at radius 1 is 1.33 bits per heavy atom. The molecule has 0 radical (unpaired) electrons. The minimum Gasteiger partial charge on any atom is -0.344 e. The van der Waals surface area contributed by atoms with Crippen molar-refractivity contribution in [2.24, 2.45) is 5.73 Å². The number of hydrogen-bond donors (Lipinski definition) is 2. The van der Waals surface area contributed by atoms with Crippen molar-refractivity contribution in [3.63, 3.8) is 0 Å². The zero-order valence-electron chi connectivity index (χ0n) is 11.3.